The van der Waals surface area contributed by atoms with Crippen molar-refractivity contribution in [1.82, 2.24) is 0 Å². The molecule has 0 fully saturated rings. The second kappa shape index (κ2) is 7.23. The summed E-state index contributed by atoms with van der Waals surface area (Å²) in [6.45, 7) is 16.0. The third kappa shape index (κ3) is 6.38. The number of rotatable bonds is 6. The summed E-state index contributed by atoms with van der Waals surface area (Å²) in [5.41, 5.74) is 1.47. The normalized spacial score (nSPS) is 10.3. The Hall–Kier alpha value is -2.09. The molecule has 0 atom stereocenters. The van der Waals surface area contributed by atoms with Crippen LogP contribution in [-0.4, -0.2) is 5.97 Å². The molecule has 0 heterocycles. The fourth-order valence-electron chi connectivity index (χ4n) is 0.810. The van der Waals surface area contributed by atoms with E-state index in [1.54, 1.807) is 30.4 Å². The summed E-state index contributed by atoms with van der Waals surface area (Å²) in [5, 5.41) is 0. The number of hydrogen-bond acceptors (Lipinski definition) is 2. The van der Waals surface area contributed by atoms with Gasteiger partial charge in [0.05, 0.1) is 0 Å². The maximum atomic E-state index is 10.6. The van der Waals surface area contributed by atoms with Crippen LogP contribution < -0.4 is 0 Å². The monoisotopic (exact) mass is 216 g/mol. The molecule has 0 aliphatic heterocycles. The van der Waals surface area contributed by atoms with Gasteiger partial charge in [-0.3, -0.25) is 4.79 Å². The van der Waals surface area contributed by atoms with Crippen LogP contribution in [0, 0.1) is 0 Å². The second-order valence-corrected chi connectivity index (χ2v) is 3.04. The van der Waals surface area contributed by atoms with Crippen molar-refractivity contribution in [3.8, 4) is 0 Å². The van der Waals surface area contributed by atoms with E-state index in [4.69, 9.17) is 4.74 Å². The summed E-state index contributed by atoms with van der Waals surface area (Å²) >= 11 is 0. The Bertz CT molecular complexity index is 382. The van der Waals surface area contributed by atoms with E-state index in [0.29, 0.717) is 5.57 Å². The molecule has 0 aliphatic carbocycles. The molecule has 0 aromatic rings. The highest BCUT2D eigenvalue weighted by molar-refractivity contribution is 5.67. The molecule has 0 bridgehead atoms. The Morgan fingerprint density at radius 1 is 1.06 bits per heavy atom. The van der Waals surface area contributed by atoms with Crippen molar-refractivity contribution in [3.05, 3.63) is 73.6 Å². The van der Waals surface area contributed by atoms with Gasteiger partial charge in [-0.15, -0.1) is 0 Å². The number of carbonyl (C=O) groups excluding carboxylic acids is 1. The van der Waals surface area contributed by atoms with Gasteiger partial charge in [-0.25, -0.2) is 0 Å². The molecule has 0 saturated carbocycles. The average Bonchev–Trinajstić information content (AvgIpc) is 2.21. The molecular formula is C14H16O2. The molecule has 2 heteroatoms. The first-order chi connectivity index (χ1) is 7.47. The molecular weight excluding hydrogens is 200 g/mol. The second-order valence-electron chi connectivity index (χ2n) is 3.04. The lowest BCUT2D eigenvalue weighted by molar-refractivity contribution is -0.136. The minimum Gasteiger partial charge on any atom is -0.427 e. The lowest BCUT2D eigenvalue weighted by Gasteiger charge is -2.00. The van der Waals surface area contributed by atoms with E-state index < -0.39 is 5.97 Å². The Kier molecular flexibility index (Phi) is 6.29. The molecule has 0 spiro atoms. The van der Waals surface area contributed by atoms with Gasteiger partial charge in [0, 0.05) is 6.92 Å². The Labute approximate surface area is 96.6 Å². The minimum absolute atomic E-state index is 0.272. The average molecular weight is 216 g/mol. The van der Waals surface area contributed by atoms with Gasteiger partial charge in [0.1, 0.15) is 5.76 Å². The van der Waals surface area contributed by atoms with Crippen LogP contribution in [0.25, 0.3) is 0 Å². The van der Waals surface area contributed by atoms with Gasteiger partial charge < -0.3 is 4.74 Å². The van der Waals surface area contributed by atoms with Gasteiger partial charge in [0.2, 0.25) is 0 Å². The largest absolute Gasteiger partial charge is 0.427 e. The summed E-state index contributed by atoms with van der Waals surface area (Å²) < 4.78 is 4.74. The zero-order valence-corrected chi connectivity index (χ0v) is 9.53. The van der Waals surface area contributed by atoms with Crippen LogP contribution in [0.4, 0.5) is 0 Å². The summed E-state index contributed by atoms with van der Waals surface area (Å²) in [5.74, 6) is -0.125. The van der Waals surface area contributed by atoms with Crippen LogP contribution in [0.3, 0.4) is 0 Å². The van der Waals surface area contributed by atoms with Gasteiger partial charge >= 0.3 is 5.97 Å². The standard InChI is InChI=1S/C14H16O2/c1-6-7-8-11(2)12(3)9-10-13(4)16-14(5)15/h6-10H,1-4H2,5H3/b8-7-,10-9-. The molecule has 0 aromatic carbocycles. The quantitative estimate of drug-likeness (QED) is 0.386. The minimum atomic E-state index is -0.398. The third-order valence-corrected chi connectivity index (χ3v) is 1.59. The van der Waals surface area contributed by atoms with Crippen molar-refractivity contribution in [2.24, 2.45) is 0 Å². The topological polar surface area (TPSA) is 26.3 Å². The first kappa shape index (κ1) is 13.9. The number of carbonyl (C=O) groups is 1. The van der Waals surface area contributed by atoms with Gasteiger partial charge in [0.15, 0.2) is 0 Å². The van der Waals surface area contributed by atoms with Crippen molar-refractivity contribution < 1.29 is 9.53 Å². The highest BCUT2D eigenvalue weighted by Gasteiger charge is 1.95. The zero-order chi connectivity index (χ0) is 12.6. The van der Waals surface area contributed by atoms with Crippen LogP contribution in [0.15, 0.2) is 73.6 Å². The van der Waals surface area contributed by atoms with Gasteiger partial charge in [-0.05, 0) is 17.2 Å². The van der Waals surface area contributed by atoms with Crippen LogP contribution in [0.1, 0.15) is 6.92 Å². The van der Waals surface area contributed by atoms with E-state index in [2.05, 4.69) is 26.3 Å². The van der Waals surface area contributed by atoms with Crippen molar-refractivity contribution in [1.29, 1.82) is 0 Å². The van der Waals surface area contributed by atoms with E-state index in [-0.39, 0.29) is 5.76 Å². The summed E-state index contributed by atoms with van der Waals surface area (Å²) in [6, 6.07) is 0. The fraction of sp³-hybridized carbons (Fsp3) is 0.0714. The van der Waals surface area contributed by atoms with E-state index >= 15 is 0 Å². The molecule has 0 unspecified atom stereocenters. The van der Waals surface area contributed by atoms with Crippen molar-refractivity contribution in [3.63, 3.8) is 0 Å². The smallest absolute Gasteiger partial charge is 0.308 e. The Morgan fingerprint density at radius 2 is 1.62 bits per heavy atom. The van der Waals surface area contributed by atoms with Crippen molar-refractivity contribution in [2.75, 3.05) is 0 Å². The number of esters is 1. The summed E-state index contributed by atoms with van der Waals surface area (Å²) in [6.07, 6.45) is 8.45. The molecule has 0 aliphatic rings. The first-order valence-corrected chi connectivity index (χ1v) is 4.70. The number of allylic oxidation sites excluding steroid dienone is 7. The number of hydrogen-bond donors (Lipinski definition) is 0. The fourth-order valence-corrected chi connectivity index (χ4v) is 0.810. The zero-order valence-electron chi connectivity index (χ0n) is 9.53. The van der Waals surface area contributed by atoms with Crippen LogP contribution in [-0.2, 0) is 9.53 Å². The molecule has 0 rings (SSSR count). The molecule has 2 nitrogen and oxygen atoms in total. The SMILES string of the molecule is C=C/C=C\C(=C)C(=C)/C=C\C(=C)OC(C)=O. The maximum Gasteiger partial charge on any atom is 0.308 e. The van der Waals surface area contributed by atoms with Crippen LogP contribution in [0.2, 0.25) is 0 Å². The molecule has 0 amide bonds. The van der Waals surface area contributed by atoms with Gasteiger partial charge in [0.25, 0.3) is 0 Å². The van der Waals surface area contributed by atoms with E-state index in [0.717, 1.165) is 5.57 Å². The Balaban J connectivity index is 4.33. The highest BCUT2D eigenvalue weighted by Crippen LogP contribution is 2.10. The van der Waals surface area contributed by atoms with E-state index in [1.807, 2.05) is 0 Å². The van der Waals surface area contributed by atoms with Crippen molar-refractivity contribution >= 4 is 5.97 Å². The molecule has 84 valence electrons. The predicted molar refractivity (Wildman–Crippen MR) is 67.7 cm³/mol. The van der Waals surface area contributed by atoms with Crippen LogP contribution in [0.5, 0.6) is 0 Å². The molecule has 0 radical (unpaired) electrons. The lowest BCUT2D eigenvalue weighted by Crippen LogP contribution is -1.95. The Morgan fingerprint density at radius 3 is 2.12 bits per heavy atom. The van der Waals surface area contributed by atoms with Gasteiger partial charge in [-0.1, -0.05) is 50.6 Å². The predicted octanol–water partition coefficient (Wildman–Crippen LogP) is 3.47. The molecule has 0 N–H and O–H groups in total. The summed E-state index contributed by atoms with van der Waals surface area (Å²) in [7, 11) is 0. The van der Waals surface area contributed by atoms with Gasteiger partial charge in [-0.2, -0.15) is 0 Å². The maximum absolute atomic E-state index is 10.6. The van der Waals surface area contributed by atoms with Crippen molar-refractivity contribution in [2.45, 2.75) is 6.92 Å². The van der Waals surface area contributed by atoms with E-state index in [9.17, 15) is 4.79 Å². The molecule has 16 heavy (non-hydrogen) atoms. The third-order valence-electron chi connectivity index (χ3n) is 1.59. The molecule has 0 aromatic heterocycles. The molecule has 0 saturated heterocycles. The summed E-state index contributed by atoms with van der Waals surface area (Å²) in [4.78, 5) is 10.6. The van der Waals surface area contributed by atoms with Crippen LogP contribution >= 0.6 is 0 Å². The lowest BCUT2D eigenvalue weighted by atomic mass is 10.1. The number of ether oxygens (including phenoxy) is 1. The highest BCUT2D eigenvalue weighted by atomic mass is 16.5. The van der Waals surface area contributed by atoms with E-state index in [1.165, 1.54) is 6.92 Å². The first-order valence-electron chi connectivity index (χ1n) is 4.70.